The van der Waals surface area contributed by atoms with Crippen LogP contribution >= 0.6 is 15.9 Å². The lowest BCUT2D eigenvalue weighted by Gasteiger charge is -2.15. The molecule has 144 valence electrons. The number of methoxy groups -OCH3 is 4. The zero-order valence-electron chi connectivity index (χ0n) is 15.6. The number of esters is 1. The third kappa shape index (κ3) is 5.40. The van der Waals surface area contributed by atoms with E-state index in [1.54, 1.807) is 39.5 Å². The summed E-state index contributed by atoms with van der Waals surface area (Å²) in [5.74, 6) is 2.05. The van der Waals surface area contributed by atoms with Crippen molar-refractivity contribution in [3.8, 4) is 23.0 Å². The Morgan fingerprint density at radius 1 is 0.926 bits per heavy atom. The minimum atomic E-state index is -0.425. The molecule has 2 aromatic carbocycles. The van der Waals surface area contributed by atoms with Gasteiger partial charge in [-0.15, -0.1) is 0 Å². The van der Waals surface area contributed by atoms with Gasteiger partial charge in [0.05, 0.1) is 32.9 Å². The van der Waals surface area contributed by atoms with E-state index in [1.165, 1.54) is 13.2 Å². The molecule has 2 aromatic rings. The molecule has 0 unspecified atom stereocenters. The molecule has 0 N–H and O–H groups in total. The number of hydrogen-bond donors (Lipinski definition) is 0. The first-order chi connectivity index (χ1) is 13.0. The fourth-order valence-electron chi connectivity index (χ4n) is 2.33. The van der Waals surface area contributed by atoms with Gasteiger partial charge in [-0.1, -0.05) is 6.07 Å². The highest BCUT2D eigenvalue weighted by molar-refractivity contribution is 9.10. The maximum Gasteiger partial charge on any atom is 0.330 e. The predicted molar refractivity (Wildman–Crippen MR) is 106 cm³/mol. The molecular weight excluding hydrogens is 416 g/mol. The Labute approximate surface area is 166 Å². The molecule has 0 radical (unpaired) electrons. The predicted octanol–water partition coefficient (Wildman–Crippen LogP) is 4.24. The highest BCUT2D eigenvalue weighted by Crippen LogP contribution is 2.35. The lowest BCUT2D eigenvalue weighted by Crippen LogP contribution is -2.01. The first-order valence-corrected chi connectivity index (χ1v) is 8.79. The molecule has 0 aliphatic heterocycles. The molecule has 0 saturated carbocycles. The molecule has 0 amide bonds. The van der Waals surface area contributed by atoms with E-state index in [1.807, 2.05) is 18.2 Å². The molecule has 0 spiro atoms. The van der Waals surface area contributed by atoms with Gasteiger partial charge < -0.3 is 23.7 Å². The van der Waals surface area contributed by atoms with Gasteiger partial charge in [-0.2, -0.15) is 0 Å². The van der Waals surface area contributed by atoms with Crippen molar-refractivity contribution >= 4 is 28.0 Å². The molecule has 0 saturated heterocycles. The maximum absolute atomic E-state index is 11.2. The summed E-state index contributed by atoms with van der Waals surface area (Å²) in [5, 5.41) is 0. The van der Waals surface area contributed by atoms with Crippen LogP contribution in [0.3, 0.4) is 0 Å². The molecule has 0 atom stereocenters. The third-order valence-corrected chi connectivity index (χ3v) is 4.36. The van der Waals surface area contributed by atoms with E-state index in [4.69, 9.17) is 18.9 Å². The van der Waals surface area contributed by atoms with Crippen LogP contribution in [-0.4, -0.2) is 34.4 Å². The smallest absolute Gasteiger partial charge is 0.330 e. The highest BCUT2D eigenvalue weighted by atomic mass is 79.9. The first kappa shape index (κ1) is 20.6. The van der Waals surface area contributed by atoms with E-state index in [0.29, 0.717) is 23.0 Å². The second kappa shape index (κ2) is 9.87. The van der Waals surface area contributed by atoms with Crippen LogP contribution in [0.2, 0.25) is 0 Å². The number of hydrogen-bond acceptors (Lipinski definition) is 6. The number of rotatable bonds is 8. The van der Waals surface area contributed by atoms with Gasteiger partial charge in [-0.25, -0.2) is 4.79 Å². The molecule has 0 bridgehead atoms. The van der Waals surface area contributed by atoms with Crippen molar-refractivity contribution < 1.29 is 28.5 Å². The van der Waals surface area contributed by atoms with Gasteiger partial charge in [0.1, 0.15) is 18.1 Å². The van der Waals surface area contributed by atoms with Crippen LogP contribution in [0.5, 0.6) is 23.0 Å². The van der Waals surface area contributed by atoms with Gasteiger partial charge in [0.15, 0.2) is 11.5 Å². The Balaban J connectivity index is 2.20. The molecule has 27 heavy (non-hydrogen) atoms. The van der Waals surface area contributed by atoms with Crippen molar-refractivity contribution in [2.24, 2.45) is 0 Å². The second-order valence-corrected chi connectivity index (χ2v) is 6.21. The van der Waals surface area contributed by atoms with Gasteiger partial charge in [0.2, 0.25) is 0 Å². The fourth-order valence-corrected chi connectivity index (χ4v) is 2.82. The van der Waals surface area contributed by atoms with E-state index in [2.05, 4.69) is 20.7 Å². The van der Waals surface area contributed by atoms with Crippen molar-refractivity contribution in [2.45, 2.75) is 6.61 Å². The Morgan fingerprint density at radius 2 is 1.63 bits per heavy atom. The molecule has 0 aliphatic carbocycles. The summed E-state index contributed by atoms with van der Waals surface area (Å²) in [7, 11) is 6.08. The number of carbonyl (C=O) groups excluding carboxylic acids is 1. The maximum atomic E-state index is 11.2. The Hall–Kier alpha value is -2.67. The molecular formula is C20H21BrO6. The quantitative estimate of drug-likeness (QED) is 0.455. The lowest BCUT2D eigenvalue weighted by molar-refractivity contribution is -0.134. The van der Waals surface area contributed by atoms with Crippen LogP contribution in [0.4, 0.5) is 0 Å². The van der Waals surface area contributed by atoms with Crippen molar-refractivity contribution in [2.75, 3.05) is 28.4 Å². The summed E-state index contributed by atoms with van der Waals surface area (Å²) in [4.78, 5) is 11.2. The van der Waals surface area contributed by atoms with E-state index in [9.17, 15) is 4.79 Å². The molecule has 7 heteroatoms. The van der Waals surface area contributed by atoms with Crippen LogP contribution in [0.15, 0.2) is 40.9 Å². The standard InChI is InChI=1S/C20H21BrO6/c1-23-17-11-15(21)18(24-2)10-14(17)12-27-16-7-5-13(9-19(16)25-3)6-8-20(22)26-4/h5-11H,12H2,1-4H3/b8-6+. The van der Waals surface area contributed by atoms with Gasteiger partial charge in [-0.05, 0) is 51.8 Å². The second-order valence-electron chi connectivity index (χ2n) is 5.35. The largest absolute Gasteiger partial charge is 0.496 e. The summed E-state index contributed by atoms with van der Waals surface area (Å²) in [6, 6.07) is 9.04. The van der Waals surface area contributed by atoms with Gasteiger partial charge in [0, 0.05) is 11.6 Å². The lowest BCUT2D eigenvalue weighted by atomic mass is 10.1. The van der Waals surface area contributed by atoms with E-state index < -0.39 is 5.97 Å². The topological polar surface area (TPSA) is 63.2 Å². The van der Waals surface area contributed by atoms with Crippen LogP contribution in [0, 0.1) is 0 Å². The third-order valence-electron chi connectivity index (χ3n) is 3.74. The van der Waals surface area contributed by atoms with Crippen LogP contribution in [0.25, 0.3) is 6.08 Å². The normalized spacial score (nSPS) is 10.6. The Kier molecular flexibility index (Phi) is 7.55. The molecule has 2 rings (SSSR count). The molecule has 6 nitrogen and oxygen atoms in total. The van der Waals surface area contributed by atoms with Crippen LogP contribution in [-0.2, 0) is 16.1 Å². The molecule has 0 aromatic heterocycles. The molecule has 0 aliphatic rings. The first-order valence-electron chi connectivity index (χ1n) is 7.99. The average Bonchev–Trinajstić information content (AvgIpc) is 2.70. The summed E-state index contributed by atoms with van der Waals surface area (Å²) < 4.78 is 27.4. The Morgan fingerprint density at radius 3 is 2.26 bits per heavy atom. The number of benzene rings is 2. The highest BCUT2D eigenvalue weighted by Gasteiger charge is 2.12. The van der Waals surface area contributed by atoms with Crippen LogP contribution in [0.1, 0.15) is 11.1 Å². The van der Waals surface area contributed by atoms with Crippen molar-refractivity contribution in [3.05, 3.63) is 52.0 Å². The van der Waals surface area contributed by atoms with E-state index in [0.717, 1.165) is 15.6 Å². The molecule has 0 fully saturated rings. The summed E-state index contributed by atoms with van der Waals surface area (Å²) in [6.07, 6.45) is 2.98. The number of carbonyl (C=O) groups is 1. The average molecular weight is 437 g/mol. The summed E-state index contributed by atoms with van der Waals surface area (Å²) in [5.41, 5.74) is 1.61. The minimum absolute atomic E-state index is 0.264. The summed E-state index contributed by atoms with van der Waals surface area (Å²) in [6.45, 7) is 0.264. The van der Waals surface area contributed by atoms with E-state index in [-0.39, 0.29) is 6.61 Å². The minimum Gasteiger partial charge on any atom is -0.496 e. The number of halogens is 1. The molecule has 0 heterocycles. The van der Waals surface area contributed by atoms with Crippen molar-refractivity contribution in [1.29, 1.82) is 0 Å². The van der Waals surface area contributed by atoms with Gasteiger partial charge in [0.25, 0.3) is 0 Å². The zero-order valence-corrected chi connectivity index (χ0v) is 17.2. The SMILES string of the molecule is COC(=O)/C=C/c1ccc(OCc2cc(OC)c(Br)cc2OC)c(OC)c1. The Bertz CT molecular complexity index is 831. The monoisotopic (exact) mass is 436 g/mol. The van der Waals surface area contributed by atoms with Crippen LogP contribution < -0.4 is 18.9 Å². The number of ether oxygens (including phenoxy) is 5. The summed E-state index contributed by atoms with van der Waals surface area (Å²) >= 11 is 3.43. The van der Waals surface area contributed by atoms with Gasteiger partial charge in [-0.3, -0.25) is 0 Å². The fraction of sp³-hybridized carbons (Fsp3) is 0.250. The van der Waals surface area contributed by atoms with E-state index >= 15 is 0 Å². The van der Waals surface area contributed by atoms with Gasteiger partial charge >= 0.3 is 5.97 Å². The van der Waals surface area contributed by atoms with Crippen molar-refractivity contribution in [3.63, 3.8) is 0 Å². The van der Waals surface area contributed by atoms with Crippen molar-refractivity contribution in [1.82, 2.24) is 0 Å². The zero-order chi connectivity index (χ0) is 19.8.